The van der Waals surface area contributed by atoms with Gasteiger partial charge in [0.1, 0.15) is 0 Å². The molecule has 0 saturated carbocycles. The fraction of sp³-hybridized carbons (Fsp3) is 0.188. The van der Waals surface area contributed by atoms with E-state index in [0.29, 0.717) is 10.7 Å². The molecule has 0 atom stereocenters. The van der Waals surface area contributed by atoms with E-state index in [-0.39, 0.29) is 16.6 Å². The lowest BCUT2D eigenvalue weighted by molar-refractivity contribution is -0.113. The Balaban J connectivity index is 2.11. The number of benzene rings is 2. The Morgan fingerprint density at radius 2 is 1.83 bits per heavy atom. The number of sulfonamides is 1. The highest BCUT2D eigenvalue weighted by Crippen LogP contribution is 2.25. The van der Waals surface area contributed by atoms with Gasteiger partial charge in [-0.15, -0.1) is 11.8 Å². The first-order chi connectivity index (χ1) is 11.2. The summed E-state index contributed by atoms with van der Waals surface area (Å²) in [6, 6.07) is 10.0. The van der Waals surface area contributed by atoms with Crippen molar-refractivity contribution < 1.29 is 13.2 Å². The van der Waals surface area contributed by atoms with Crippen LogP contribution in [0.5, 0.6) is 0 Å². The highest BCUT2D eigenvalue weighted by molar-refractivity contribution is 8.00. The number of nitrogens with two attached hydrogens (primary N) is 1. The van der Waals surface area contributed by atoms with Crippen molar-refractivity contribution in [1.29, 1.82) is 0 Å². The molecule has 0 aliphatic heterocycles. The summed E-state index contributed by atoms with van der Waals surface area (Å²) in [5.41, 5.74) is 1.98. The van der Waals surface area contributed by atoms with E-state index >= 15 is 0 Å². The minimum atomic E-state index is -3.83. The summed E-state index contributed by atoms with van der Waals surface area (Å²) in [5.74, 6) is -0.0382. The monoisotopic (exact) mass is 384 g/mol. The Kier molecular flexibility index (Phi) is 5.92. The summed E-state index contributed by atoms with van der Waals surface area (Å²) < 4.78 is 23.0. The van der Waals surface area contributed by atoms with Crippen molar-refractivity contribution in [3.63, 3.8) is 0 Å². The van der Waals surface area contributed by atoms with E-state index in [1.54, 1.807) is 19.1 Å². The molecule has 0 heterocycles. The maximum Gasteiger partial charge on any atom is 0.238 e. The number of halogens is 1. The van der Waals surface area contributed by atoms with Crippen molar-refractivity contribution in [2.45, 2.75) is 23.6 Å². The number of rotatable bonds is 5. The van der Waals surface area contributed by atoms with Gasteiger partial charge in [0.25, 0.3) is 0 Å². The first kappa shape index (κ1) is 18.8. The molecule has 0 aliphatic carbocycles. The third-order valence-electron chi connectivity index (χ3n) is 3.43. The van der Waals surface area contributed by atoms with Crippen LogP contribution in [0.3, 0.4) is 0 Å². The topological polar surface area (TPSA) is 89.3 Å². The Morgan fingerprint density at radius 1 is 1.21 bits per heavy atom. The molecule has 0 fully saturated rings. The van der Waals surface area contributed by atoms with Crippen LogP contribution in [0.2, 0.25) is 5.02 Å². The van der Waals surface area contributed by atoms with E-state index in [1.165, 1.54) is 23.9 Å². The molecule has 1 amide bonds. The molecule has 5 nitrogen and oxygen atoms in total. The van der Waals surface area contributed by atoms with Crippen molar-refractivity contribution in [1.82, 2.24) is 0 Å². The van der Waals surface area contributed by atoms with Crippen molar-refractivity contribution in [2.24, 2.45) is 5.14 Å². The first-order valence-electron chi connectivity index (χ1n) is 6.99. The van der Waals surface area contributed by atoms with E-state index in [9.17, 15) is 13.2 Å². The van der Waals surface area contributed by atoms with Gasteiger partial charge in [-0.05, 0) is 61.4 Å². The van der Waals surface area contributed by atoms with Crippen LogP contribution >= 0.6 is 23.4 Å². The molecule has 0 aromatic heterocycles. The molecular formula is C16H17ClN2O3S2. The molecule has 0 saturated heterocycles. The molecule has 0 bridgehead atoms. The lowest BCUT2D eigenvalue weighted by Gasteiger charge is -2.12. The second-order valence-electron chi connectivity index (χ2n) is 5.25. The summed E-state index contributed by atoms with van der Waals surface area (Å²) in [7, 11) is -3.83. The number of nitrogens with one attached hydrogen (secondary N) is 1. The molecule has 2 aromatic rings. The number of primary sulfonamides is 1. The fourth-order valence-electron chi connectivity index (χ4n) is 1.99. The quantitative estimate of drug-likeness (QED) is 0.773. The van der Waals surface area contributed by atoms with Crippen molar-refractivity contribution in [3.8, 4) is 0 Å². The van der Waals surface area contributed by atoms with Crippen molar-refractivity contribution in [3.05, 3.63) is 52.5 Å². The van der Waals surface area contributed by atoms with Crippen molar-refractivity contribution in [2.75, 3.05) is 11.1 Å². The zero-order valence-electron chi connectivity index (χ0n) is 13.2. The van der Waals surface area contributed by atoms with Crippen LogP contribution in [0.25, 0.3) is 0 Å². The lowest BCUT2D eigenvalue weighted by Crippen LogP contribution is -2.17. The molecule has 24 heavy (non-hydrogen) atoms. The van der Waals surface area contributed by atoms with Crippen LogP contribution in [-0.2, 0) is 14.8 Å². The van der Waals surface area contributed by atoms with Gasteiger partial charge >= 0.3 is 0 Å². The molecule has 0 radical (unpaired) electrons. The van der Waals surface area contributed by atoms with Crippen LogP contribution in [0.1, 0.15) is 11.1 Å². The van der Waals surface area contributed by atoms with Gasteiger partial charge in [-0.2, -0.15) is 0 Å². The van der Waals surface area contributed by atoms with Gasteiger partial charge in [0.15, 0.2) is 0 Å². The lowest BCUT2D eigenvalue weighted by atomic mass is 10.1. The number of anilines is 1. The Hall–Kier alpha value is -1.54. The van der Waals surface area contributed by atoms with Crippen LogP contribution < -0.4 is 10.5 Å². The molecule has 2 aromatic carbocycles. The maximum absolute atomic E-state index is 12.1. The minimum absolute atomic E-state index is 0.0220. The van der Waals surface area contributed by atoms with E-state index in [0.717, 1.165) is 16.0 Å². The Bertz CT molecular complexity index is 866. The molecule has 0 aliphatic rings. The van der Waals surface area contributed by atoms with Gasteiger partial charge in [0.2, 0.25) is 15.9 Å². The van der Waals surface area contributed by atoms with E-state index in [2.05, 4.69) is 5.32 Å². The third-order valence-corrected chi connectivity index (χ3v) is 5.58. The highest BCUT2D eigenvalue weighted by Gasteiger charge is 2.14. The molecule has 3 N–H and O–H groups in total. The zero-order valence-corrected chi connectivity index (χ0v) is 15.6. The maximum atomic E-state index is 12.1. The SMILES string of the molecule is Cc1cc(S(N)(=O)=O)cc(NC(=O)CSc2ccc(Cl)cc2)c1C. The van der Waals surface area contributed by atoms with Gasteiger partial charge in [0.05, 0.1) is 10.6 Å². The number of aryl methyl sites for hydroxylation is 1. The summed E-state index contributed by atoms with van der Waals surface area (Å²) in [6.45, 7) is 3.58. The summed E-state index contributed by atoms with van der Waals surface area (Å²) in [4.78, 5) is 13.0. The number of hydrogen-bond donors (Lipinski definition) is 2. The number of carbonyl (C=O) groups is 1. The number of thioether (sulfide) groups is 1. The van der Waals surface area contributed by atoms with E-state index in [1.807, 2.05) is 19.1 Å². The Labute approximate surface area is 150 Å². The van der Waals surface area contributed by atoms with Crippen LogP contribution in [0.4, 0.5) is 5.69 Å². The normalized spacial score (nSPS) is 11.3. The largest absolute Gasteiger partial charge is 0.325 e. The number of carbonyl (C=O) groups excluding carboxylic acids is 1. The second kappa shape index (κ2) is 7.57. The minimum Gasteiger partial charge on any atom is -0.325 e. The van der Waals surface area contributed by atoms with Gasteiger partial charge < -0.3 is 5.32 Å². The van der Waals surface area contributed by atoms with Crippen molar-refractivity contribution >= 4 is 45.0 Å². The number of hydrogen-bond acceptors (Lipinski definition) is 4. The highest BCUT2D eigenvalue weighted by atomic mass is 35.5. The smallest absolute Gasteiger partial charge is 0.238 e. The Morgan fingerprint density at radius 3 is 2.42 bits per heavy atom. The van der Waals surface area contributed by atoms with Gasteiger partial charge in [-0.3, -0.25) is 4.79 Å². The molecule has 8 heteroatoms. The summed E-state index contributed by atoms with van der Waals surface area (Å²) >= 11 is 7.18. The first-order valence-corrected chi connectivity index (χ1v) is 9.90. The summed E-state index contributed by atoms with van der Waals surface area (Å²) in [5, 5.41) is 8.54. The molecule has 0 spiro atoms. The average Bonchev–Trinajstić information content (AvgIpc) is 2.50. The third kappa shape index (κ3) is 4.98. The predicted octanol–water partition coefficient (Wildman–Crippen LogP) is 3.34. The zero-order chi connectivity index (χ0) is 17.9. The molecule has 0 unspecified atom stereocenters. The van der Waals surface area contributed by atoms with Gasteiger partial charge in [-0.1, -0.05) is 11.6 Å². The van der Waals surface area contributed by atoms with Crippen LogP contribution in [-0.4, -0.2) is 20.1 Å². The van der Waals surface area contributed by atoms with Crippen LogP contribution in [0.15, 0.2) is 46.2 Å². The average molecular weight is 385 g/mol. The second-order valence-corrected chi connectivity index (χ2v) is 8.30. The predicted molar refractivity (Wildman–Crippen MR) is 98.1 cm³/mol. The molecular weight excluding hydrogens is 368 g/mol. The fourth-order valence-corrected chi connectivity index (χ4v) is 3.43. The van der Waals surface area contributed by atoms with Gasteiger partial charge in [0, 0.05) is 15.6 Å². The van der Waals surface area contributed by atoms with E-state index in [4.69, 9.17) is 16.7 Å². The van der Waals surface area contributed by atoms with Crippen LogP contribution in [0, 0.1) is 13.8 Å². The molecule has 128 valence electrons. The number of amides is 1. The standard InChI is InChI=1S/C16H17ClN2O3S2/c1-10-7-14(24(18,21)22)8-15(11(10)2)19-16(20)9-23-13-5-3-12(17)4-6-13/h3-8H,9H2,1-2H3,(H,19,20)(H2,18,21,22). The van der Waals surface area contributed by atoms with Gasteiger partial charge in [-0.25, -0.2) is 13.6 Å². The van der Waals surface area contributed by atoms with E-state index < -0.39 is 10.0 Å². The summed E-state index contributed by atoms with van der Waals surface area (Å²) in [6.07, 6.45) is 0. The molecule has 2 rings (SSSR count).